The summed E-state index contributed by atoms with van der Waals surface area (Å²) in [5, 5.41) is 13.7. The molecule has 1 heterocycles. The topological polar surface area (TPSA) is 82.1 Å². The number of aliphatic hydroxyl groups is 1. The first-order valence-corrected chi connectivity index (χ1v) is 11.4. The number of anilines is 1. The van der Waals surface area contributed by atoms with Crippen LogP contribution in [0.3, 0.4) is 0 Å². The maximum Gasteiger partial charge on any atom is 0.326 e. The van der Waals surface area contributed by atoms with E-state index >= 15 is 0 Å². The molecule has 2 N–H and O–H groups in total. The minimum Gasteiger partial charge on any atom is -0.466 e. The summed E-state index contributed by atoms with van der Waals surface area (Å²) < 4.78 is 6.16. The van der Waals surface area contributed by atoms with Crippen molar-refractivity contribution in [1.82, 2.24) is 10.2 Å². The molecule has 2 aromatic carbocycles. The second-order valence-electron chi connectivity index (χ2n) is 8.59. The Hall–Kier alpha value is -3.06. The maximum absolute atomic E-state index is 12.9. The Morgan fingerprint density at radius 2 is 1.66 bits per heavy atom. The molecule has 1 saturated heterocycles. The minimum absolute atomic E-state index is 0.130. The monoisotopic (exact) mass is 437 g/mol. The van der Waals surface area contributed by atoms with E-state index in [-0.39, 0.29) is 18.4 Å². The Morgan fingerprint density at radius 3 is 2.34 bits per heavy atom. The van der Waals surface area contributed by atoms with Crippen molar-refractivity contribution >= 4 is 17.6 Å². The van der Waals surface area contributed by atoms with Gasteiger partial charge in [0, 0.05) is 24.7 Å². The van der Waals surface area contributed by atoms with E-state index in [0.29, 0.717) is 12.3 Å². The molecular weight excluding hydrogens is 406 g/mol. The number of nitrogens with one attached hydrogen (secondary N) is 1. The molecule has 0 aromatic heterocycles. The number of aliphatic hydroxyl groups excluding tert-OH is 1. The number of urea groups is 1. The standard InChI is InChI=1S/C25H31N3O4/c1-18-12-14-21(15-13-18)32-24-23(30)28(17-16-27(24)20-10-6-3-7-11-20)25(31)26-22(29)19-8-4-2-5-9-19/h3,6-7,10-15,19,23-24,30H,2,4-5,8-9,16-17H2,1H3,(H,26,29,31). The predicted molar refractivity (Wildman–Crippen MR) is 122 cm³/mol. The van der Waals surface area contributed by atoms with E-state index < -0.39 is 18.5 Å². The van der Waals surface area contributed by atoms with Crippen LogP contribution in [0.5, 0.6) is 5.75 Å². The summed E-state index contributed by atoms with van der Waals surface area (Å²) in [6, 6.07) is 16.7. The number of benzene rings is 2. The molecule has 32 heavy (non-hydrogen) atoms. The molecule has 2 aromatic rings. The normalized spacial score (nSPS) is 21.8. The molecule has 1 aliphatic heterocycles. The second-order valence-corrected chi connectivity index (χ2v) is 8.59. The molecule has 0 spiro atoms. The van der Waals surface area contributed by atoms with Crippen LogP contribution < -0.4 is 15.0 Å². The van der Waals surface area contributed by atoms with Crippen molar-refractivity contribution in [3.05, 3.63) is 60.2 Å². The molecule has 1 aliphatic carbocycles. The smallest absolute Gasteiger partial charge is 0.326 e. The van der Waals surface area contributed by atoms with Crippen LogP contribution in [0.2, 0.25) is 0 Å². The number of para-hydroxylation sites is 1. The highest BCUT2D eigenvalue weighted by Gasteiger charge is 2.40. The van der Waals surface area contributed by atoms with Crippen LogP contribution in [-0.2, 0) is 4.79 Å². The lowest BCUT2D eigenvalue weighted by atomic mass is 9.89. The molecule has 7 nitrogen and oxygen atoms in total. The van der Waals surface area contributed by atoms with Gasteiger partial charge < -0.3 is 14.7 Å². The van der Waals surface area contributed by atoms with Gasteiger partial charge in [0.1, 0.15) is 5.75 Å². The fourth-order valence-electron chi connectivity index (χ4n) is 4.43. The molecule has 2 unspecified atom stereocenters. The predicted octanol–water partition coefficient (Wildman–Crippen LogP) is 3.66. The summed E-state index contributed by atoms with van der Waals surface area (Å²) >= 11 is 0. The molecule has 4 rings (SSSR count). The number of carbonyl (C=O) groups is 2. The van der Waals surface area contributed by atoms with Crippen molar-refractivity contribution in [3.8, 4) is 5.75 Å². The van der Waals surface area contributed by atoms with Crippen LogP contribution in [0.1, 0.15) is 37.7 Å². The summed E-state index contributed by atoms with van der Waals surface area (Å²) in [5.41, 5.74) is 1.99. The van der Waals surface area contributed by atoms with Gasteiger partial charge in [0.25, 0.3) is 0 Å². The minimum atomic E-state index is -1.25. The average Bonchev–Trinajstić information content (AvgIpc) is 2.82. The number of amides is 3. The summed E-state index contributed by atoms with van der Waals surface area (Å²) in [7, 11) is 0. The molecular formula is C25H31N3O4. The van der Waals surface area contributed by atoms with Gasteiger partial charge in [0.2, 0.25) is 12.1 Å². The van der Waals surface area contributed by atoms with E-state index in [9.17, 15) is 14.7 Å². The molecule has 2 fully saturated rings. The zero-order valence-electron chi connectivity index (χ0n) is 18.4. The second kappa shape index (κ2) is 10.0. The maximum atomic E-state index is 12.9. The third-order valence-corrected chi connectivity index (χ3v) is 6.30. The highest BCUT2D eigenvalue weighted by atomic mass is 16.5. The van der Waals surface area contributed by atoms with Crippen molar-refractivity contribution in [2.24, 2.45) is 5.92 Å². The van der Waals surface area contributed by atoms with Crippen LogP contribution in [0.25, 0.3) is 0 Å². The number of aryl methyl sites for hydroxylation is 1. The van der Waals surface area contributed by atoms with Crippen molar-refractivity contribution in [1.29, 1.82) is 0 Å². The number of ether oxygens (including phenoxy) is 1. The Labute approximate surface area is 189 Å². The van der Waals surface area contributed by atoms with Crippen LogP contribution >= 0.6 is 0 Å². The molecule has 3 amide bonds. The van der Waals surface area contributed by atoms with Gasteiger partial charge in [-0.1, -0.05) is 55.2 Å². The number of nitrogens with zero attached hydrogens (tertiary/aromatic N) is 2. The highest BCUT2D eigenvalue weighted by molar-refractivity contribution is 5.95. The Bertz CT molecular complexity index is 913. The van der Waals surface area contributed by atoms with Crippen LogP contribution in [0.4, 0.5) is 10.5 Å². The van der Waals surface area contributed by atoms with Gasteiger partial charge in [-0.15, -0.1) is 0 Å². The summed E-state index contributed by atoms with van der Waals surface area (Å²) in [4.78, 5) is 28.7. The van der Waals surface area contributed by atoms with E-state index in [1.807, 2.05) is 66.4 Å². The first-order valence-electron chi connectivity index (χ1n) is 11.4. The number of carbonyl (C=O) groups excluding carboxylic acids is 2. The summed E-state index contributed by atoms with van der Waals surface area (Å²) in [5.74, 6) is 0.222. The lowest BCUT2D eigenvalue weighted by Crippen LogP contribution is -2.65. The van der Waals surface area contributed by atoms with Crippen molar-refractivity contribution < 1.29 is 19.4 Å². The van der Waals surface area contributed by atoms with Crippen LogP contribution in [0.15, 0.2) is 54.6 Å². The Balaban J connectivity index is 1.51. The van der Waals surface area contributed by atoms with Gasteiger partial charge in [-0.2, -0.15) is 0 Å². The van der Waals surface area contributed by atoms with E-state index in [4.69, 9.17) is 4.74 Å². The fourth-order valence-corrected chi connectivity index (χ4v) is 4.43. The molecule has 7 heteroatoms. The number of hydrogen-bond acceptors (Lipinski definition) is 5. The Morgan fingerprint density at radius 1 is 0.969 bits per heavy atom. The van der Waals surface area contributed by atoms with Gasteiger partial charge in [-0.05, 0) is 44.0 Å². The van der Waals surface area contributed by atoms with Gasteiger partial charge >= 0.3 is 6.03 Å². The number of imide groups is 1. The van der Waals surface area contributed by atoms with Crippen LogP contribution in [-0.4, -0.2) is 47.5 Å². The van der Waals surface area contributed by atoms with Gasteiger partial charge in [0.05, 0.1) is 0 Å². The third-order valence-electron chi connectivity index (χ3n) is 6.30. The molecule has 2 atom stereocenters. The molecule has 1 saturated carbocycles. The first kappa shape index (κ1) is 22.1. The SMILES string of the molecule is Cc1ccc(OC2C(O)N(C(=O)NC(=O)C3CCCCC3)CCN2c2ccccc2)cc1. The zero-order chi connectivity index (χ0) is 22.5. The van der Waals surface area contributed by atoms with E-state index in [2.05, 4.69) is 5.32 Å². The van der Waals surface area contributed by atoms with E-state index in [1.165, 1.54) is 4.90 Å². The lowest BCUT2D eigenvalue weighted by Gasteiger charge is -2.45. The van der Waals surface area contributed by atoms with E-state index in [1.54, 1.807) is 0 Å². The number of piperazine rings is 1. The fraction of sp³-hybridized carbons (Fsp3) is 0.440. The third kappa shape index (κ3) is 5.05. The van der Waals surface area contributed by atoms with Crippen molar-refractivity contribution in [2.75, 3.05) is 18.0 Å². The average molecular weight is 438 g/mol. The van der Waals surface area contributed by atoms with Crippen molar-refractivity contribution in [2.45, 2.75) is 51.5 Å². The highest BCUT2D eigenvalue weighted by Crippen LogP contribution is 2.27. The van der Waals surface area contributed by atoms with Gasteiger partial charge in [-0.3, -0.25) is 15.0 Å². The summed E-state index contributed by atoms with van der Waals surface area (Å²) in [6.07, 6.45) is 2.71. The van der Waals surface area contributed by atoms with Crippen molar-refractivity contribution in [3.63, 3.8) is 0 Å². The lowest BCUT2D eigenvalue weighted by molar-refractivity contribution is -0.125. The Kier molecular flexibility index (Phi) is 6.95. The zero-order valence-corrected chi connectivity index (χ0v) is 18.4. The molecule has 0 radical (unpaired) electrons. The van der Waals surface area contributed by atoms with E-state index in [0.717, 1.165) is 43.4 Å². The van der Waals surface area contributed by atoms with Gasteiger partial charge in [-0.25, -0.2) is 4.79 Å². The quantitative estimate of drug-likeness (QED) is 0.763. The largest absolute Gasteiger partial charge is 0.466 e. The molecule has 170 valence electrons. The first-order chi connectivity index (χ1) is 15.5. The molecule has 0 bridgehead atoms. The molecule has 2 aliphatic rings. The van der Waals surface area contributed by atoms with Crippen LogP contribution in [0, 0.1) is 12.8 Å². The number of hydrogen-bond donors (Lipinski definition) is 2. The summed E-state index contributed by atoms with van der Waals surface area (Å²) in [6.45, 7) is 2.72. The van der Waals surface area contributed by atoms with Gasteiger partial charge in [0.15, 0.2) is 6.23 Å². The number of rotatable bonds is 4.